The molecule has 1 aromatic carbocycles. The van der Waals surface area contributed by atoms with Crippen molar-refractivity contribution in [1.29, 1.82) is 0 Å². The van der Waals surface area contributed by atoms with Crippen LogP contribution in [-0.4, -0.2) is 37.6 Å². The van der Waals surface area contributed by atoms with Gasteiger partial charge in [-0.15, -0.1) is 0 Å². The highest BCUT2D eigenvalue weighted by Crippen LogP contribution is 2.25. The first-order valence-corrected chi connectivity index (χ1v) is 6.61. The van der Waals surface area contributed by atoms with Gasteiger partial charge in [0.1, 0.15) is 0 Å². The van der Waals surface area contributed by atoms with Gasteiger partial charge in [-0.1, -0.05) is 17.7 Å². The molecule has 2 atom stereocenters. The zero-order chi connectivity index (χ0) is 12.4. The van der Waals surface area contributed by atoms with E-state index in [4.69, 9.17) is 11.6 Å². The molecule has 1 aliphatic carbocycles. The van der Waals surface area contributed by atoms with E-state index in [0.717, 1.165) is 24.4 Å². The van der Waals surface area contributed by atoms with Crippen LogP contribution in [-0.2, 0) is 12.8 Å². The molecule has 1 aliphatic rings. The van der Waals surface area contributed by atoms with Gasteiger partial charge in [-0.2, -0.15) is 0 Å². The number of benzene rings is 1. The molecule has 1 N–H and O–H groups in total. The summed E-state index contributed by atoms with van der Waals surface area (Å²) in [5.41, 5.74) is 2.86. The molecule has 0 spiro atoms. The summed E-state index contributed by atoms with van der Waals surface area (Å²) in [6.07, 6.45) is 2.24. The predicted molar refractivity (Wildman–Crippen MR) is 73.8 cm³/mol. The van der Waals surface area contributed by atoms with Crippen molar-refractivity contribution >= 4 is 11.6 Å². The van der Waals surface area contributed by atoms with Crippen molar-refractivity contribution in [3.63, 3.8) is 0 Å². The second-order valence-electron chi connectivity index (χ2n) is 5.24. The average molecular weight is 253 g/mol. The van der Waals surface area contributed by atoms with E-state index >= 15 is 0 Å². The number of halogens is 1. The van der Waals surface area contributed by atoms with Crippen molar-refractivity contribution in [2.75, 3.05) is 20.6 Å². The third-order valence-electron chi connectivity index (χ3n) is 3.68. The first-order chi connectivity index (χ1) is 8.06. The third kappa shape index (κ3) is 3.21. The molecule has 0 aliphatic heterocycles. The fourth-order valence-electron chi connectivity index (χ4n) is 2.25. The van der Waals surface area contributed by atoms with Gasteiger partial charge in [-0.25, -0.2) is 0 Å². The smallest absolute Gasteiger partial charge is 0.0408 e. The Hall–Kier alpha value is -0.570. The van der Waals surface area contributed by atoms with Gasteiger partial charge in [0.15, 0.2) is 0 Å². The molecule has 0 aromatic heterocycles. The highest BCUT2D eigenvalue weighted by molar-refractivity contribution is 6.30. The fraction of sp³-hybridized carbons (Fsp3) is 0.571. The van der Waals surface area contributed by atoms with E-state index < -0.39 is 0 Å². The Morgan fingerprint density at radius 1 is 1.35 bits per heavy atom. The van der Waals surface area contributed by atoms with E-state index in [1.807, 2.05) is 6.07 Å². The number of hydrogen-bond acceptors (Lipinski definition) is 2. The molecule has 2 nitrogen and oxygen atoms in total. The summed E-state index contributed by atoms with van der Waals surface area (Å²) >= 11 is 6.01. The maximum Gasteiger partial charge on any atom is 0.0408 e. The molecule has 2 rings (SSSR count). The van der Waals surface area contributed by atoms with Crippen LogP contribution < -0.4 is 5.32 Å². The number of nitrogens with one attached hydrogen (secondary N) is 1. The first kappa shape index (κ1) is 12.9. The van der Waals surface area contributed by atoms with Crippen LogP contribution in [0.2, 0.25) is 5.02 Å². The summed E-state index contributed by atoms with van der Waals surface area (Å²) in [4.78, 5) is 2.24. The quantitative estimate of drug-likeness (QED) is 0.885. The minimum atomic E-state index is 0.572. The lowest BCUT2D eigenvalue weighted by atomic mass is 10.1. The minimum Gasteiger partial charge on any atom is -0.312 e. The van der Waals surface area contributed by atoms with E-state index in [1.54, 1.807) is 0 Å². The van der Waals surface area contributed by atoms with E-state index in [2.05, 4.69) is 43.4 Å². The fourth-order valence-corrected chi connectivity index (χ4v) is 2.45. The Bertz CT molecular complexity index is 390. The van der Waals surface area contributed by atoms with Crippen molar-refractivity contribution in [2.45, 2.75) is 31.8 Å². The lowest BCUT2D eigenvalue weighted by Gasteiger charge is -2.22. The lowest BCUT2D eigenvalue weighted by Crippen LogP contribution is -2.40. The number of likely N-dealkylation sites (N-methyl/N-ethyl adjacent to an activating group) is 1. The standard InChI is InChI=1S/C14H21ClN2/c1-10(17(2)3)9-16-14-7-11-4-5-13(15)6-12(11)8-14/h4-6,10,14,16H,7-9H2,1-3H3. The van der Waals surface area contributed by atoms with Crippen molar-refractivity contribution in [3.05, 3.63) is 34.3 Å². The molecule has 0 saturated carbocycles. The molecule has 2 unspecified atom stereocenters. The summed E-state index contributed by atoms with van der Waals surface area (Å²) in [5, 5.41) is 4.50. The molecule has 0 saturated heterocycles. The topological polar surface area (TPSA) is 15.3 Å². The third-order valence-corrected chi connectivity index (χ3v) is 3.92. The zero-order valence-corrected chi connectivity index (χ0v) is 11.6. The Morgan fingerprint density at radius 3 is 2.76 bits per heavy atom. The summed E-state index contributed by atoms with van der Waals surface area (Å²) in [7, 11) is 4.24. The maximum atomic E-state index is 6.01. The van der Waals surface area contributed by atoms with Gasteiger partial charge in [-0.05, 0) is 57.1 Å². The Morgan fingerprint density at radius 2 is 2.06 bits per heavy atom. The van der Waals surface area contributed by atoms with Crippen LogP contribution in [0.3, 0.4) is 0 Å². The average Bonchev–Trinajstić information content (AvgIpc) is 2.67. The number of fused-ring (bicyclic) bond motifs is 1. The van der Waals surface area contributed by atoms with Gasteiger partial charge in [0.25, 0.3) is 0 Å². The van der Waals surface area contributed by atoms with E-state index in [0.29, 0.717) is 12.1 Å². The first-order valence-electron chi connectivity index (χ1n) is 6.23. The molecule has 0 heterocycles. The van der Waals surface area contributed by atoms with Gasteiger partial charge >= 0.3 is 0 Å². The van der Waals surface area contributed by atoms with Crippen LogP contribution in [0.1, 0.15) is 18.1 Å². The van der Waals surface area contributed by atoms with Crippen molar-refractivity contribution in [1.82, 2.24) is 10.2 Å². The van der Waals surface area contributed by atoms with Crippen LogP contribution in [0.25, 0.3) is 0 Å². The minimum absolute atomic E-state index is 0.572. The molecular weight excluding hydrogens is 232 g/mol. The van der Waals surface area contributed by atoms with Crippen LogP contribution in [0, 0.1) is 0 Å². The molecule has 0 radical (unpaired) electrons. The monoisotopic (exact) mass is 252 g/mol. The number of rotatable bonds is 4. The zero-order valence-electron chi connectivity index (χ0n) is 10.8. The SMILES string of the molecule is CC(CNC1Cc2ccc(Cl)cc2C1)N(C)C. The molecular formula is C14H21ClN2. The van der Waals surface area contributed by atoms with Gasteiger partial charge in [0.05, 0.1) is 0 Å². The normalized spacial score (nSPS) is 20.6. The summed E-state index contributed by atoms with van der Waals surface area (Å²) in [6, 6.07) is 7.40. The van der Waals surface area contributed by atoms with Crippen molar-refractivity contribution < 1.29 is 0 Å². The second kappa shape index (κ2) is 5.38. The van der Waals surface area contributed by atoms with E-state index in [1.165, 1.54) is 11.1 Å². The molecule has 0 amide bonds. The molecule has 0 bridgehead atoms. The van der Waals surface area contributed by atoms with Crippen LogP contribution in [0.15, 0.2) is 18.2 Å². The summed E-state index contributed by atoms with van der Waals surface area (Å²) in [6.45, 7) is 3.28. The van der Waals surface area contributed by atoms with Crippen molar-refractivity contribution in [2.24, 2.45) is 0 Å². The largest absolute Gasteiger partial charge is 0.312 e. The van der Waals surface area contributed by atoms with Gasteiger partial charge in [0, 0.05) is 23.7 Å². The number of nitrogens with zero attached hydrogens (tertiary/aromatic N) is 1. The Balaban J connectivity index is 1.88. The number of hydrogen-bond donors (Lipinski definition) is 1. The van der Waals surface area contributed by atoms with Crippen LogP contribution in [0.5, 0.6) is 0 Å². The van der Waals surface area contributed by atoms with Gasteiger partial charge in [0.2, 0.25) is 0 Å². The summed E-state index contributed by atoms with van der Waals surface area (Å²) < 4.78 is 0. The molecule has 0 fully saturated rings. The highest BCUT2D eigenvalue weighted by atomic mass is 35.5. The van der Waals surface area contributed by atoms with Crippen LogP contribution >= 0.6 is 11.6 Å². The molecule has 17 heavy (non-hydrogen) atoms. The van der Waals surface area contributed by atoms with Gasteiger partial charge in [-0.3, -0.25) is 0 Å². The predicted octanol–water partition coefficient (Wildman–Crippen LogP) is 2.35. The Labute approximate surface area is 109 Å². The Kier molecular flexibility index (Phi) is 4.08. The van der Waals surface area contributed by atoms with E-state index in [-0.39, 0.29) is 0 Å². The second-order valence-corrected chi connectivity index (χ2v) is 5.68. The maximum absolute atomic E-state index is 6.01. The molecule has 1 aromatic rings. The molecule has 3 heteroatoms. The lowest BCUT2D eigenvalue weighted by molar-refractivity contribution is 0.293. The van der Waals surface area contributed by atoms with E-state index in [9.17, 15) is 0 Å². The van der Waals surface area contributed by atoms with Crippen molar-refractivity contribution in [3.8, 4) is 0 Å². The summed E-state index contributed by atoms with van der Waals surface area (Å²) in [5.74, 6) is 0. The van der Waals surface area contributed by atoms with Crippen LogP contribution in [0.4, 0.5) is 0 Å². The molecule has 94 valence electrons. The highest BCUT2D eigenvalue weighted by Gasteiger charge is 2.21. The van der Waals surface area contributed by atoms with Gasteiger partial charge < -0.3 is 10.2 Å².